The van der Waals surface area contributed by atoms with E-state index in [4.69, 9.17) is 0 Å². The maximum atomic E-state index is 4.36. The van der Waals surface area contributed by atoms with Crippen molar-refractivity contribution in [1.82, 2.24) is 19.9 Å². The van der Waals surface area contributed by atoms with Gasteiger partial charge in [-0.2, -0.15) is 0 Å². The van der Waals surface area contributed by atoms with E-state index in [1.807, 2.05) is 12.3 Å². The quantitative estimate of drug-likeness (QED) is 0.797. The minimum atomic E-state index is 0.190. The number of H-pyrrole nitrogens is 1. The summed E-state index contributed by atoms with van der Waals surface area (Å²) in [6.45, 7) is 4.31. The van der Waals surface area contributed by atoms with Crippen LogP contribution in [0.15, 0.2) is 49.2 Å². The third kappa shape index (κ3) is 2.84. The van der Waals surface area contributed by atoms with Gasteiger partial charge in [-0.15, -0.1) is 0 Å². The minimum absolute atomic E-state index is 0.190. The van der Waals surface area contributed by atoms with Crippen LogP contribution in [0.3, 0.4) is 0 Å². The first-order chi connectivity index (χ1) is 10.3. The molecule has 2 aromatic heterocycles. The summed E-state index contributed by atoms with van der Waals surface area (Å²) in [6, 6.07) is 8.26. The van der Waals surface area contributed by atoms with Crippen molar-refractivity contribution in [2.75, 3.05) is 0 Å². The Balaban J connectivity index is 2.03. The highest BCUT2D eigenvalue weighted by Gasteiger charge is 2.20. The Morgan fingerprint density at radius 2 is 1.90 bits per heavy atom. The largest absolute Gasteiger partial charge is 0.348 e. The number of rotatable bonds is 4. The summed E-state index contributed by atoms with van der Waals surface area (Å²) in [5.74, 6) is 1.04. The summed E-state index contributed by atoms with van der Waals surface area (Å²) in [4.78, 5) is 16.1. The topological polar surface area (TPSA) is 54.5 Å². The van der Waals surface area contributed by atoms with E-state index in [2.05, 4.69) is 52.0 Å². The third-order valence-corrected chi connectivity index (χ3v) is 3.92. The van der Waals surface area contributed by atoms with Crippen molar-refractivity contribution in [3.63, 3.8) is 0 Å². The Morgan fingerprint density at radius 3 is 2.62 bits per heavy atom. The number of aromatic nitrogens is 4. The molecule has 3 aromatic rings. The van der Waals surface area contributed by atoms with Crippen molar-refractivity contribution < 1.29 is 0 Å². The van der Waals surface area contributed by atoms with Crippen LogP contribution >= 0.6 is 0 Å². The second-order valence-electron chi connectivity index (χ2n) is 5.22. The van der Waals surface area contributed by atoms with Gasteiger partial charge in [-0.05, 0) is 36.6 Å². The van der Waals surface area contributed by atoms with Gasteiger partial charge < -0.3 is 4.98 Å². The van der Waals surface area contributed by atoms with Gasteiger partial charge in [0.1, 0.15) is 5.82 Å². The van der Waals surface area contributed by atoms with Crippen LogP contribution in [-0.2, 0) is 6.42 Å². The molecule has 0 aliphatic rings. The van der Waals surface area contributed by atoms with Gasteiger partial charge in [-0.3, -0.25) is 0 Å². The molecule has 1 atom stereocenters. The van der Waals surface area contributed by atoms with Crippen molar-refractivity contribution in [3.05, 3.63) is 77.4 Å². The number of imidazole rings is 1. The number of aromatic amines is 1. The number of hydrogen-bond acceptors (Lipinski definition) is 3. The van der Waals surface area contributed by atoms with E-state index in [9.17, 15) is 0 Å². The number of aryl methyl sites for hydroxylation is 1. The first kappa shape index (κ1) is 13.5. The highest BCUT2D eigenvalue weighted by Crippen LogP contribution is 2.29. The molecule has 21 heavy (non-hydrogen) atoms. The van der Waals surface area contributed by atoms with Gasteiger partial charge in [-0.1, -0.05) is 18.2 Å². The molecule has 0 bridgehead atoms. The van der Waals surface area contributed by atoms with Crippen LogP contribution in [0, 0.1) is 13.8 Å². The number of hydrogen-bond donors (Lipinski definition) is 1. The zero-order valence-electron chi connectivity index (χ0n) is 12.2. The van der Waals surface area contributed by atoms with Crippen LogP contribution in [0.4, 0.5) is 0 Å². The van der Waals surface area contributed by atoms with Gasteiger partial charge in [0.05, 0.1) is 6.33 Å². The van der Waals surface area contributed by atoms with Crippen molar-refractivity contribution >= 4 is 0 Å². The van der Waals surface area contributed by atoms with Crippen LogP contribution in [0.25, 0.3) is 0 Å². The SMILES string of the molecule is Cc1cccc(C(Cc2ncccn2)c2cnc[nH]2)c1C. The third-order valence-electron chi connectivity index (χ3n) is 3.92. The molecule has 3 rings (SSSR count). The lowest BCUT2D eigenvalue weighted by Crippen LogP contribution is -2.10. The molecule has 0 aliphatic heterocycles. The molecule has 0 amide bonds. The Labute approximate surface area is 124 Å². The lowest BCUT2D eigenvalue weighted by Gasteiger charge is -2.18. The number of benzene rings is 1. The molecule has 0 aliphatic carbocycles. The van der Waals surface area contributed by atoms with Crippen LogP contribution in [-0.4, -0.2) is 19.9 Å². The fourth-order valence-electron chi connectivity index (χ4n) is 2.61. The smallest absolute Gasteiger partial charge is 0.129 e. The molecule has 0 radical (unpaired) electrons. The van der Waals surface area contributed by atoms with Gasteiger partial charge in [0.25, 0.3) is 0 Å². The molecule has 2 heterocycles. The Bertz CT molecular complexity index is 705. The second-order valence-corrected chi connectivity index (χ2v) is 5.22. The molecular weight excluding hydrogens is 260 g/mol. The van der Waals surface area contributed by atoms with E-state index in [0.717, 1.165) is 17.9 Å². The van der Waals surface area contributed by atoms with Crippen LogP contribution in [0.5, 0.6) is 0 Å². The molecule has 4 nitrogen and oxygen atoms in total. The molecule has 0 spiro atoms. The van der Waals surface area contributed by atoms with E-state index in [0.29, 0.717) is 0 Å². The van der Waals surface area contributed by atoms with Gasteiger partial charge in [0, 0.05) is 36.6 Å². The van der Waals surface area contributed by atoms with Crippen LogP contribution < -0.4 is 0 Å². The van der Waals surface area contributed by atoms with E-state index in [1.165, 1.54) is 16.7 Å². The standard InChI is InChI=1S/C17H18N4/c1-12-5-3-6-14(13(12)2)15(16-10-18-11-21-16)9-17-19-7-4-8-20-17/h3-8,10-11,15H,9H2,1-2H3,(H,18,21). The maximum absolute atomic E-state index is 4.36. The summed E-state index contributed by atoms with van der Waals surface area (Å²) in [5, 5.41) is 0. The van der Waals surface area contributed by atoms with E-state index in [-0.39, 0.29) is 5.92 Å². The zero-order valence-corrected chi connectivity index (χ0v) is 12.2. The van der Waals surface area contributed by atoms with Crippen molar-refractivity contribution in [2.45, 2.75) is 26.2 Å². The predicted molar refractivity (Wildman–Crippen MR) is 82.1 cm³/mol. The van der Waals surface area contributed by atoms with E-state index < -0.39 is 0 Å². The highest BCUT2D eigenvalue weighted by atomic mass is 14.9. The average Bonchev–Trinajstić information content (AvgIpc) is 3.03. The van der Waals surface area contributed by atoms with Crippen molar-refractivity contribution in [2.24, 2.45) is 0 Å². The number of nitrogens with zero attached hydrogens (tertiary/aromatic N) is 3. The molecule has 0 fully saturated rings. The Kier molecular flexibility index (Phi) is 3.77. The number of nitrogens with one attached hydrogen (secondary N) is 1. The lowest BCUT2D eigenvalue weighted by molar-refractivity contribution is 0.731. The fraction of sp³-hybridized carbons (Fsp3) is 0.235. The van der Waals surface area contributed by atoms with E-state index >= 15 is 0 Å². The molecule has 0 saturated carbocycles. The second kappa shape index (κ2) is 5.87. The molecular formula is C17H18N4. The summed E-state index contributed by atoms with van der Waals surface area (Å²) < 4.78 is 0. The molecule has 1 unspecified atom stereocenters. The lowest BCUT2D eigenvalue weighted by atomic mass is 9.87. The van der Waals surface area contributed by atoms with Crippen molar-refractivity contribution in [1.29, 1.82) is 0 Å². The van der Waals surface area contributed by atoms with Gasteiger partial charge in [0.15, 0.2) is 0 Å². The first-order valence-corrected chi connectivity index (χ1v) is 7.06. The van der Waals surface area contributed by atoms with E-state index in [1.54, 1.807) is 18.7 Å². The summed E-state index contributed by atoms with van der Waals surface area (Å²) in [7, 11) is 0. The normalized spacial score (nSPS) is 12.3. The zero-order chi connectivity index (χ0) is 14.7. The summed E-state index contributed by atoms with van der Waals surface area (Å²) in [6.07, 6.45) is 7.94. The molecule has 106 valence electrons. The van der Waals surface area contributed by atoms with Gasteiger partial charge >= 0.3 is 0 Å². The molecule has 1 aromatic carbocycles. The molecule has 1 N–H and O–H groups in total. The predicted octanol–water partition coefficient (Wildman–Crippen LogP) is 3.19. The van der Waals surface area contributed by atoms with Gasteiger partial charge in [0.2, 0.25) is 0 Å². The summed E-state index contributed by atoms with van der Waals surface area (Å²) >= 11 is 0. The first-order valence-electron chi connectivity index (χ1n) is 7.06. The maximum Gasteiger partial charge on any atom is 0.129 e. The monoisotopic (exact) mass is 278 g/mol. The van der Waals surface area contributed by atoms with Crippen LogP contribution in [0.1, 0.15) is 34.1 Å². The fourth-order valence-corrected chi connectivity index (χ4v) is 2.61. The van der Waals surface area contributed by atoms with Crippen molar-refractivity contribution in [3.8, 4) is 0 Å². The minimum Gasteiger partial charge on any atom is -0.348 e. The Hall–Kier alpha value is -2.49. The molecule has 0 saturated heterocycles. The molecule has 4 heteroatoms. The van der Waals surface area contributed by atoms with Gasteiger partial charge in [-0.25, -0.2) is 15.0 Å². The average molecular weight is 278 g/mol. The Morgan fingerprint density at radius 1 is 1.10 bits per heavy atom. The highest BCUT2D eigenvalue weighted by molar-refractivity contribution is 5.39. The summed E-state index contributed by atoms with van der Waals surface area (Å²) in [5.41, 5.74) is 5.00. The van der Waals surface area contributed by atoms with Crippen LogP contribution in [0.2, 0.25) is 0 Å².